The number of ether oxygens (including phenoxy) is 2. The molecule has 0 atom stereocenters. The first kappa shape index (κ1) is 17.9. The molecule has 0 spiro atoms. The van der Waals surface area contributed by atoms with E-state index in [1.165, 1.54) is 18.2 Å². The Morgan fingerprint density at radius 1 is 1.07 bits per heavy atom. The highest BCUT2D eigenvalue weighted by Gasteiger charge is 2.30. The molecule has 0 aliphatic carbocycles. The van der Waals surface area contributed by atoms with Gasteiger partial charge in [-0.05, 0) is 55.0 Å². The molecule has 0 N–H and O–H groups in total. The average molecular weight is 379 g/mol. The zero-order valence-corrected chi connectivity index (χ0v) is 14.9. The molecule has 4 rings (SSSR count). The number of pyridine rings is 1. The minimum Gasteiger partial charge on any atom is -0.488 e. The Kier molecular flexibility index (Phi) is 4.61. The van der Waals surface area contributed by atoms with Gasteiger partial charge in [0.25, 0.3) is 0 Å². The topological polar surface area (TPSA) is 48.4 Å². The van der Waals surface area contributed by atoms with Crippen molar-refractivity contribution in [2.24, 2.45) is 0 Å². The van der Waals surface area contributed by atoms with Gasteiger partial charge < -0.3 is 9.47 Å². The van der Waals surface area contributed by atoms with Crippen molar-refractivity contribution >= 4 is 11.9 Å². The fourth-order valence-corrected chi connectivity index (χ4v) is 2.96. The third kappa shape index (κ3) is 3.24. The van der Waals surface area contributed by atoms with Crippen molar-refractivity contribution in [3.05, 3.63) is 94.5 Å². The van der Waals surface area contributed by atoms with Gasteiger partial charge in [-0.2, -0.15) is 0 Å². The van der Waals surface area contributed by atoms with Gasteiger partial charge in [0.1, 0.15) is 29.7 Å². The summed E-state index contributed by atoms with van der Waals surface area (Å²) in [4.78, 5) is 16.5. The van der Waals surface area contributed by atoms with E-state index in [4.69, 9.17) is 9.47 Å². The molecule has 1 aromatic heterocycles. The predicted molar refractivity (Wildman–Crippen MR) is 99.0 cm³/mol. The van der Waals surface area contributed by atoms with Crippen LogP contribution < -0.4 is 9.47 Å². The maximum absolute atomic E-state index is 13.8. The lowest BCUT2D eigenvalue weighted by Crippen LogP contribution is -2.03. The molecule has 2 aromatic carbocycles. The fraction of sp³-hybridized carbons (Fsp3) is 0.0909. The summed E-state index contributed by atoms with van der Waals surface area (Å²) in [6.07, 6.45) is 4.88. The Labute approximate surface area is 160 Å². The van der Waals surface area contributed by atoms with Gasteiger partial charge in [0.15, 0.2) is 5.76 Å². The number of hydrogen-bond donors (Lipinski definition) is 0. The summed E-state index contributed by atoms with van der Waals surface area (Å²) in [5, 5.41) is 0. The molecule has 140 valence electrons. The van der Waals surface area contributed by atoms with Crippen molar-refractivity contribution in [1.29, 1.82) is 0 Å². The summed E-state index contributed by atoms with van der Waals surface area (Å²) < 4.78 is 38.9. The largest absolute Gasteiger partial charge is 0.488 e. The zero-order valence-electron chi connectivity index (χ0n) is 14.9. The molecule has 0 fully saturated rings. The van der Waals surface area contributed by atoms with Crippen LogP contribution >= 0.6 is 0 Å². The van der Waals surface area contributed by atoms with Gasteiger partial charge >= 0.3 is 0 Å². The van der Waals surface area contributed by atoms with Crippen LogP contribution in [-0.2, 0) is 6.61 Å². The van der Waals surface area contributed by atoms with Crippen LogP contribution in [0.4, 0.5) is 8.78 Å². The highest BCUT2D eigenvalue weighted by molar-refractivity contribution is 6.14. The number of halogens is 2. The maximum Gasteiger partial charge on any atom is 0.231 e. The quantitative estimate of drug-likeness (QED) is 0.607. The summed E-state index contributed by atoms with van der Waals surface area (Å²) in [5.41, 5.74) is 1.64. The van der Waals surface area contributed by atoms with Crippen LogP contribution in [0.5, 0.6) is 11.5 Å². The second-order valence-electron chi connectivity index (χ2n) is 6.27. The number of carbonyl (C=O) groups excluding carboxylic acids is 1. The molecule has 0 bridgehead atoms. The molecule has 0 saturated heterocycles. The number of ketones is 1. The molecule has 1 aliphatic rings. The second-order valence-corrected chi connectivity index (χ2v) is 6.27. The summed E-state index contributed by atoms with van der Waals surface area (Å²) in [7, 11) is 0. The Bertz CT molecular complexity index is 1070. The normalized spacial score (nSPS) is 14.1. The van der Waals surface area contributed by atoms with Gasteiger partial charge in [-0.1, -0.05) is 6.07 Å². The van der Waals surface area contributed by atoms with Crippen LogP contribution in [0.1, 0.15) is 27.0 Å². The van der Waals surface area contributed by atoms with Crippen LogP contribution in [0.2, 0.25) is 0 Å². The van der Waals surface area contributed by atoms with Gasteiger partial charge in [-0.25, -0.2) is 8.78 Å². The highest BCUT2D eigenvalue weighted by Crippen LogP contribution is 2.39. The molecule has 0 amide bonds. The van der Waals surface area contributed by atoms with Crippen LogP contribution in [0.3, 0.4) is 0 Å². The number of fused-ring (bicyclic) bond motifs is 1. The van der Waals surface area contributed by atoms with Crippen molar-refractivity contribution in [2.75, 3.05) is 0 Å². The van der Waals surface area contributed by atoms with E-state index < -0.39 is 11.6 Å². The molecule has 0 unspecified atom stereocenters. The predicted octanol–water partition coefficient (Wildman–Crippen LogP) is 4.86. The van der Waals surface area contributed by atoms with Crippen LogP contribution in [0.25, 0.3) is 6.08 Å². The first-order valence-electron chi connectivity index (χ1n) is 8.58. The van der Waals surface area contributed by atoms with Crippen molar-refractivity contribution in [2.45, 2.75) is 13.5 Å². The molecule has 1 aliphatic heterocycles. The lowest BCUT2D eigenvalue weighted by molar-refractivity contribution is 0.101. The monoisotopic (exact) mass is 379 g/mol. The number of rotatable bonds is 4. The van der Waals surface area contributed by atoms with E-state index in [9.17, 15) is 13.6 Å². The average Bonchev–Trinajstić information content (AvgIpc) is 3.00. The van der Waals surface area contributed by atoms with E-state index in [-0.39, 0.29) is 23.7 Å². The number of hydrogen-bond acceptors (Lipinski definition) is 4. The van der Waals surface area contributed by atoms with E-state index >= 15 is 0 Å². The number of benzene rings is 2. The molecule has 4 nitrogen and oxygen atoms in total. The zero-order chi connectivity index (χ0) is 19.7. The SMILES string of the molecule is Cc1c(OCc2c(F)cccc2F)ccc2c1O/C(=C\c1ccncc1)C2=O. The lowest BCUT2D eigenvalue weighted by atomic mass is 10.1. The summed E-state index contributed by atoms with van der Waals surface area (Å²) >= 11 is 0. The van der Waals surface area contributed by atoms with Crippen molar-refractivity contribution in [3.63, 3.8) is 0 Å². The molecule has 6 heteroatoms. The van der Waals surface area contributed by atoms with E-state index in [0.717, 1.165) is 5.56 Å². The number of Topliss-reactive ketones (excluding diaryl/α,β-unsaturated/α-hetero) is 1. The summed E-state index contributed by atoms with van der Waals surface area (Å²) in [6.45, 7) is 1.46. The Morgan fingerprint density at radius 2 is 1.79 bits per heavy atom. The van der Waals surface area contributed by atoms with Crippen LogP contribution in [0, 0.1) is 18.6 Å². The number of aromatic nitrogens is 1. The van der Waals surface area contributed by atoms with Crippen molar-refractivity contribution < 1.29 is 23.0 Å². The van der Waals surface area contributed by atoms with Crippen LogP contribution in [0.15, 0.2) is 60.6 Å². The number of allylic oxidation sites excluding steroid dienone is 1. The molecule has 0 radical (unpaired) electrons. The highest BCUT2D eigenvalue weighted by atomic mass is 19.1. The van der Waals surface area contributed by atoms with Crippen LogP contribution in [-0.4, -0.2) is 10.8 Å². The van der Waals surface area contributed by atoms with Gasteiger partial charge in [-0.15, -0.1) is 0 Å². The van der Waals surface area contributed by atoms with Gasteiger partial charge in [0, 0.05) is 18.0 Å². The lowest BCUT2D eigenvalue weighted by Gasteiger charge is -2.12. The molecular formula is C22H15F2NO3. The second kappa shape index (κ2) is 7.23. The Balaban J connectivity index is 1.60. The van der Waals surface area contributed by atoms with E-state index in [1.807, 2.05) is 0 Å². The van der Waals surface area contributed by atoms with E-state index in [1.54, 1.807) is 49.7 Å². The summed E-state index contributed by atoms with van der Waals surface area (Å²) in [5.74, 6) is -0.611. The van der Waals surface area contributed by atoms with Gasteiger partial charge in [0.2, 0.25) is 5.78 Å². The van der Waals surface area contributed by atoms with Crippen molar-refractivity contribution in [3.8, 4) is 11.5 Å². The first-order valence-corrected chi connectivity index (χ1v) is 8.58. The minimum absolute atomic E-state index is 0.155. The van der Waals surface area contributed by atoms with Crippen molar-refractivity contribution in [1.82, 2.24) is 4.98 Å². The van der Waals surface area contributed by atoms with Gasteiger partial charge in [0.05, 0.1) is 11.1 Å². The van der Waals surface area contributed by atoms with E-state index in [2.05, 4.69) is 4.98 Å². The summed E-state index contributed by atoms with van der Waals surface area (Å²) in [6, 6.07) is 10.4. The fourth-order valence-electron chi connectivity index (χ4n) is 2.96. The standard InChI is InChI=1S/C22H15F2NO3/c1-13-19(27-12-16-17(23)3-2-4-18(16)24)6-5-15-21(26)20(28-22(13)15)11-14-7-9-25-10-8-14/h2-11H,12H2,1H3/b20-11-. The number of nitrogens with zero attached hydrogens (tertiary/aromatic N) is 1. The minimum atomic E-state index is -0.673. The smallest absolute Gasteiger partial charge is 0.231 e. The third-order valence-electron chi connectivity index (χ3n) is 4.47. The number of carbonyl (C=O) groups is 1. The molecular weight excluding hydrogens is 364 g/mol. The molecule has 3 aromatic rings. The maximum atomic E-state index is 13.8. The third-order valence-corrected chi connectivity index (χ3v) is 4.47. The Hall–Kier alpha value is -3.54. The molecule has 28 heavy (non-hydrogen) atoms. The first-order chi connectivity index (χ1) is 13.5. The molecule has 2 heterocycles. The van der Waals surface area contributed by atoms with E-state index in [0.29, 0.717) is 22.6 Å². The Morgan fingerprint density at radius 3 is 2.50 bits per heavy atom. The molecule has 0 saturated carbocycles. The van der Waals surface area contributed by atoms with Gasteiger partial charge in [-0.3, -0.25) is 9.78 Å².